The van der Waals surface area contributed by atoms with E-state index < -0.39 is 11.9 Å². The molecule has 3 rings (SSSR count). The fourth-order valence-corrected chi connectivity index (χ4v) is 2.47. The van der Waals surface area contributed by atoms with Crippen LogP contribution in [0.1, 0.15) is 23.7 Å². The van der Waals surface area contributed by atoms with Crippen LogP contribution < -0.4 is 4.90 Å². The molecule has 0 aliphatic carbocycles. The second kappa shape index (κ2) is 5.01. The van der Waals surface area contributed by atoms with Crippen molar-refractivity contribution in [2.75, 3.05) is 18.0 Å². The van der Waals surface area contributed by atoms with Gasteiger partial charge >= 0.3 is 6.18 Å². The van der Waals surface area contributed by atoms with E-state index in [-0.39, 0.29) is 6.04 Å². The number of hydrogen-bond acceptors (Lipinski definition) is 4. The van der Waals surface area contributed by atoms with E-state index in [4.69, 9.17) is 0 Å². The zero-order valence-corrected chi connectivity index (χ0v) is 11.4. The van der Waals surface area contributed by atoms with Crippen molar-refractivity contribution in [3.05, 3.63) is 36.0 Å². The van der Waals surface area contributed by atoms with Gasteiger partial charge in [0.15, 0.2) is 0 Å². The van der Waals surface area contributed by atoms with Crippen LogP contribution in [-0.2, 0) is 6.18 Å². The average Bonchev–Trinajstić information content (AvgIpc) is 3.06. The largest absolute Gasteiger partial charge is 0.433 e. The van der Waals surface area contributed by atoms with E-state index in [0.29, 0.717) is 18.9 Å². The first-order chi connectivity index (χ1) is 9.93. The van der Waals surface area contributed by atoms with Gasteiger partial charge in [-0.05, 0) is 18.9 Å². The van der Waals surface area contributed by atoms with E-state index in [1.165, 1.54) is 0 Å². The van der Waals surface area contributed by atoms with Crippen molar-refractivity contribution in [3.8, 4) is 0 Å². The van der Waals surface area contributed by atoms with E-state index in [1.54, 1.807) is 6.20 Å². The minimum absolute atomic E-state index is 0.156. The first-order valence-electron chi connectivity index (χ1n) is 6.58. The summed E-state index contributed by atoms with van der Waals surface area (Å²) in [4.78, 5) is 9.07. The van der Waals surface area contributed by atoms with Gasteiger partial charge in [-0.15, -0.1) is 0 Å². The van der Waals surface area contributed by atoms with Crippen molar-refractivity contribution in [2.24, 2.45) is 0 Å². The first-order valence-corrected chi connectivity index (χ1v) is 6.58. The summed E-state index contributed by atoms with van der Waals surface area (Å²) in [5.74, 6) is 0.309. The minimum Gasteiger partial charge on any atom is -0.354 e. The van der Waals surface area contributed by atoms with Gasteiger partial charge in [-0.2, -0.15) is 18.3 Å². The van der Waals surface area contributed by atoms with Crippen molar-refractivity contribution < 1.29 is 13.2 Å². The molecule has 0 N–H and O–H groups in total. The summed E-state index contributed by atoms with van der Waals surface area (Å²) in [5, 5.41) is 4.26. The second-order valence-corrected chi connectivity index (χ2v) is 5.15. The zero-order chi connectivity index (χ0) is 15.0. The number of aryl methyl sites for hydroxylation is 1. The van der Waals surface area contributed by atoms with Crippen molar-refractivity contribution in [2.45, 2.75) is 25.6 Å². The lowest BCUT2D eigenvalue weighted by atomic mass is 10.3. The highest BCUT2D eigenvalue weighted by Gasteiger charge is 2.34. The molecule has 5 nitrogen and oxygen atoms in total. The second-order valence-electron chi connectivity index (χ2n) is 5.15. The fraction of sp³-hybridized carbons (Fsp3) is 0.462. The Morgan fingerprint density at radius 3 is 2.76 bits per heavy atom. The third kappa shape index (κ3) is 2.84. The summed E-state index contributed by atoms with van der Waals surface area (Å²) in [7, 11) is 0. The Morgan fingerprint density at radius 1 is 1.29 bits per heavy atom. The van der Waals surface area contributed by atoms with Gasteiger partial charge in [0, 0.05) is 25.4 Å². The number of nitrogens with zero attached hydrogens (tertiary/aromatic N) is 5. The normalized spacial score (nSPS) is 19.2. The molecule has 1 aliphatic rings. The number of anilines is 1. The van der Waals surface area contributed by atoms with Crippen LogP contribution in [0.25, 0.3) is 0 Å². The van der Waals surface area contributed by atoms with Gasteiger partial charge in [0.25, 0.3) is 0 Å². The quantitative estimate of drug-likeness (QED) is 0.854. The van der Waals surface area contributed by atoms with Crippen LogP contribution >= 0.6 is 0 Å². The van der Waals surface area contributed by atoms with Crippen molar-refractivity contribution in [3.63, 3.8) is 0 Å². The van der Waals surface area contributed by atoms with Crippen molar-refractivity contribution >= 4 is 5.82 Å². The molecule has 21 heavy (non-hydrogen) atoms. The van der Waals surface area contributed by atoms with Crippen LogP contribution in [0.3, 0.4) is 0 Å². The fourth-order valence-electron chi connectivity index (χ4n) is 2.47. The molecule has 1 unspecified atom stereocenters. The molecule has 0 radical (unpaired) electrons. The predicted molar refractivity (Wildman–Crippen MR) is 69.9 cm³/mol. The maximum Gasteiger partial charge on any atom is 0.433 e. The molecule has 0 amide bonds. The molecular weight excluding hydrogens is 283 g/mol. The SMILES string of the molecule is Cc1cnn(C2CCN(c3cc(C(F)(F)F)ncn3)C2)c1. The lowest BCUT2D eigenvalue weighted by Gasteiger charge is -2.18. The summed E-state index contributed by atoms with van der Waals surface area (Å²) in [5.41, 5.74) is 0.153. The van der Waals surface area contributed by atoms with Gasteiger partial charge < -0.3 is 4.90 Å². The number of halogens is 3. The van der Waals surface area contributed by atoms with Crippen molar-refractivity contribution in [1.29, 1.82) is 0 Å². The Labute approximate surface area is 119 Å². The highest BCUT2D eigenvalue weighted by Crippen LogP contribution is 2.31. The predicted octanol–water partition coefficient (Wildman–Crippen LogP) is 2.45. The molecule has 3 heterocycles. The summed E-state index contributed by atoms with van der Waals surface area (Å²) in [6.45, 7) is 3.20. The van der Waals surface area contributed by atoms with Crippen LogP contribution in [0.2, 0.25) is 0 Å². The van der Waals surface area contributed by atoms with Crippen LogP contribution in [0.15, 0.2) is 24.8 Å². The summed E-state index contributed by atoms with van der Waals surface area (Å²) >= 11 is 0. The Bertz CT molecular complexity index is 637. The van der Waals surface area contributed by atoms with Crippen LogP contribution in [0, 0.1) is 6.92 Å². The molecule has 0 spiro atoms. The Kier molecular flexibility index (Phi) is 3.30. The molecule has 0 bridgehead atoms. The van der Waals surface area contributed by atoms with Gasteiger partial charge in [-0.25, -0.2) is 9.97 Å². The van der Waals surface area contributed by atoms with Gasteiger partial charge in [0.2, 0.25) is 0 Å². The van der Waals surface area contributed by atoms with Crippen molar-refractivity contribution in [1.82, 2.24) is 19.7 Å². The summed E-state index contributed by atoms with van der Waals surface area (Å²) < 4.78 is 39.9. The van der Waals surface area contributed by atoms with Gasteiger partial charge in [-0.3, -0.25) is 4.68 Å². The Hall–Kier alpha value is -2.12. The smallest absolute Gasteiger partial charge is 0.354 e. The van der Waals surface area contributed by atoms with Crippen LogP contribution in [0.5, 0.6) is 0 Å². The molecule has 1 fully saturated rings. The zero-order valence-electron chi connectivity index (χ0n) is 11.4. The number of hydrogen-bond donors (Lipinski definition) is 0. The van der Waals surface area contributed by atoms with E-state index in [1.807, 2.05) is 22.7 Å². The topological polar surface area (TPSA) is 46.8 Å². The molecule has 0 aromatic carbocycles. The summed E-state index contributed by atoms with van der Waals surface area (Å²) in [6.07, 6.45) is 1.05. The maximum absolute atomic E-state index is 12.7. The molecule has 2 aromatic rings. The van der Waals surface area contributed by atoms with Gasteiger partial charge in [0.1, 0.15) is 17.8 Å². The number of rotatable bonds is 2. The molecule has 2 aromatic heterocycles. The molecule has 1 aliphatic heterocycles. The average molecular weight is 297 g/mol. The molecule has 1 saturated heterocycles. The van der Waals surface area contributed by atoms with E-state index in [9.17, 15) is 13.2 Å². The first kappa shape index (κ1) is 13.8. The van der Waals surface area contributed by atoms with Gasteiger partial charge in [-0.1, -0.05) is 0 Å². The molecular formula is C13H14F3N5. The molecule has 0 saturated carbocycles. The van der Waals surface area contributed by atoms with E-state index in [2.05, 4.69) is 15.1 Å². The minimum atomic E-state index is -4.45. The summed E-state index contributed by atoms with van der Waals surface area (Å²) in [6, 6.07) is 1.15. The van der Waals surface area contributed by atoms with Crippen LogP contribution in [0.4, 0.5) is 19.0 Å². The lowest BCUT2D eigenvalue weighted by Crippen LogP contribution is -2.23. The molecule has 112 valence electrons. The third-order valence-corrected chi connectivity index (χ3v) is 3.54. The highest BCUT2D eigenvalue weighted by molar-refractivity contribution is 5.41. The van der Waals surface area contributed by atoms with Gasteiger partial charge in [0.05, 0.1) is 12.2 Å². The van der Waals surface area contributed by atoms with E-state index >= 15 is 0 Å². The van der Waals surface area contributed by atoms with E-state index in [0.717, 1.165) is 24.4 Å². The highest BCUT2D eigenvalue weighted by atomic mass is 19.4. The monoisotopic (exact) mass is 297 g/mol. The molecule has 8 heteroatoms. The maximum atomic E-state index is 12.7. The number of aromatic nitrogens is 4. The standard InChI is InChI=1S/C13H14F3N5/c1-9-5-19-21(6-9)10-2-3-20(7-10)12-4-11(13(14,15)16)17-8-18-12/h4-6,8,10H,2-3,7H2,1H3. The Balaban J connectivity index is 1.77. The lowest BCUT2D eigenvalue weighted by molar-refractivity contribution is -0.141. The number of alkyl halides is 3. The van der Waals surface area contributed by atoms with Crippen LogP contribution in [-0.4, -0.2) is 32.8 Å². The molecule has 1 atom stereocenters. The Morgan fingerprint density at radius 2 is 2.10 bits per heavy atom. The third-order valence-electron chi connectivity index (χ3n) is 3.54.